The molecule has 0 heterocycles. The molecular formula is C5H9F4NO. The number of aliphatic hydroxyl groups excluding tert-OH is 1. The lowest BCUT2D eigenvalue weighted by Crippen LogP contribution is -2.55. The SMILES string of the molecule is CC(N)(CO)C(F)C(F)(F)F. The van der Waals surface area contributed by atoms with Gasteiger partial charge in [0.25, 0.3) is 0 Å². The van der Waals surface area contributed by atoms with E-state index in [9.17, 15) is 17.6 Å². The summed E-state index contributed by atoms with van der Waals surface area (Å²) in [5, 5.41) is 8.26. The second-order valence-electron chi connectivity index (χ2n) is 2.57. The Morgan fingerprint density at radius 2 is 1.82 bits per heavy atom. The van der Waals surface area contributed by atoms with Crippen LogP contribution in [0.2, 0.25) is 0 Å². The van der Waals surface area contributed by atoms with Crippen molar-refractivity contribution in [3.05, 3.63) is 0 Å². The van der Waals surface area contributed by atoms with Crippen molar-refractivity contribution in [3.63, 3.8) is 0 Å². The zero-order valence-electron chi connectivity index (χ0n) is 5.82. The van der Waals surface area contributed by atoms with E-state index in [1.165, 1.54) is 0 Å². The van der Waals surface area contributed by atoms with Crippen LogP contribution in [0.4, 0.5) is 17.6 Å². The van der Waals surface area contributed by atoms with Crippen molar-refractivity contribution in [1.29, 1.82) is 0 Å². The number of hydrogen-bond donors (Lipinski definition) is 2. The molecule has 0 rings (SSSR count). The highest BCUT2D eigenvalue weighted by atomic mass is 19.4. The van der Waals surface area contributed by atoms with Crippen LogP contribution in [0.25, 0.3) is 0 Å². The summed E-state index contributed by atoms with van der Waals surface area (Å²) < 4.78 is 47.0. The molecule has 0 spiro atoms. The Bertz CT molecular complexity index is 133. The maximum absolute atomic E-state index is 12.3. The van der Waals surface area contributed by atoms with Gasteiger partial charge >= 0.3 is 6.18 Å². The van der Waals surface area contributed by atoms with Crippen LogP contribution in [-0.4, -0.2) is 29.6 Å². The summed E-state index contributed by atoms with van der Waals surface area (Å²) in [4.78, 5) is 0. The van der Waals surface area contributed by atoms with Crippen LogP contribution in [0, 0.1) is 0 Å². The van der Waals surface area contributed by atoms with Crippen molar-refractivity contribution in [2.24, 2.45) is 5.73 Å². The highest BCUT2D eigenvalue weighted by Gasteiger charge is 2.50. The van der Waals surface area contributed by atoms with E-state index >= 15 is 0 Å². The average Bonchev–Trinajstić information content (AvgIpc) is 1.84. The average molecular weight is 175 g/mol. The van der Waals surface area contributed by atoms with Gasteiger partial charge in [-0.2, -0.15) is 13.2 Å². The second kappa shape index (κ2) is 2.94. The third-order valence-corrected chi connectivity index (χ3v) is 1.21. The smallest absolute Gasteiger partial charge is 0.394 e. The van der Waals surface area contributed by atoms with Crippen LogP contribution in [0.1, 0.15) is 6.92 Å². The Morgan fingerprint density at radius 1 is 1.45 bits per heavy atom. The van der Waals surface area contributed by atoms with Crippen molar-refractivity contribution in [2.75, 3.05) is 6.61 Å². The molecule has 0 amide bonds. The first-order chi connectivity index (χ1) is 4.72. The van der Waals surface area contributed by atoms with Gasteiger partial charge in [0, 0.05) is 0 Å². The summed E-state index contributed by atoms with van der Waals surface area (Å²) in [5.41, 5.74) is 2.55. The molecule has 0 aromatic rings. The van der Waals surface area contributed by atoms with Gasteiger partial charge in [0.2, 0.25) is 6.17 Å². The molecule has 0 aromatic heterocycles. The Kier molecular flexibility index (Phi) is 2.85. The standard InChI is InChI=1S/C5H9F4NO/c1-4(10,2-11)3(6)5(7,8)9/h3,11H,2,10H2,1H3. The zero-order valence-corrected chi connectivity index (χ0v) is 5.82. The summed E-state index contributed by atoms with van der Waals surface area (Å²) in [6.45, 7) is -0.251. The van der Waals surface area contributed by atoms with E-state index in [-0.39, 0.29) is 0 Å². The van der Waals surface area contributed by atoms with Gasteiger partial charge in [0.05, 0.1) is 12.1 Å². The second-order valence-corrected chi connectivity index (χ2v) is 2.57. The molecular weight excluding hydrogens is 166 g/mol. The number of rotatable bonds is 2. The molecule has 11 heavy (non-hydrogen) atoms. The van der Waals surface area contributed by atoms with Crippen LogP contribution in [-0.2, 0) is 0 Å². The van der Waals surface area contributed by atoms with Crippen molar-refractivity contribution >= 4 is 0 Å². The quantitative estimate of drug-likeness (QED) is 0.603. The monoisotopic (exact) mass is 175 g/mol. The van der Waals surface area contributed by atoms with E-state index in [0.717, 1.165) is 6.92 Å². The molecule has 2 atom stereocenters. The molecule has 0 aliphatic heterocycles. The van der Waals surface area contributed by atoms with Gasteiger partial charge in [-0.3, -0.25) is 0 Å². The topological polar surface area (TPSA) is 46.2 Å². The molecule has 0 aliphatic rings. The minimum absolute atomic E-state index is 0.797. The molecule has 68 valence electrons. The van der Waals surface area contributed by atoms with E-state index in [0.29, 0.717) is 0 Å². The molecule has 0 saturated heterocycles. The summed E-state index contributed by atoms with van der Waals surface area (Å²) in [7, 11) is 0. The van der Waals surface area contributed by atoms with E-state index in [2.05, 4.69) is 0 Å². The fraction of sp³-hybridized carbons (Fsp3) is 1.00. The Hall–Kier alpha value is -0.360. The maximum Gasteiger partial charge on any atom is 0.421 e. The number of halogens is 4. The van der Waals surface area contributed by atoms with Gasteiger partial charge < -0.3 is 10.8 Å². The third-order valence-electron chi connectivity index (χ3n) is 1.21. The Morgan fingerprint density at radius 3 is 1.91 bits per heavy atom. The van der Waals surface area contributed by atoms with Crippen molar-refractivity contribution in [2.45, 2.75) is 24.8 Å². The van der Waals surface area contributed by atoms with E-state index < -0.39 is 24.5 Å². The highest BCUT2D eigenvalue weighted by molar-refractivity contribution is 4.90. The molecule has 0 saturated carbocycles. The molecule has 0 fully saturated rings. The third kappa shape index (κ3) is 2.63. The fourth-order valence-corrected chi connectivity index (χ4v) is 0.454. The largest absolute Gasteiger partial charge is 0.421 e. The highest BCUT2D eigenvalue weighted by Crippen LogP contribution is 2.29. The molecule has 2 nitrogen and oxygen atoms in total. The van der Waals surface area contributed by atoms with Crippen molar-refractivity contribution in [3.8, 4) is 0 Å². The lowest BCUT2D eigenvalue weighted by molar-refractivity contribution is -0.199. The van der Waals surface area contributed by atoms with Gasteiger partial charge in [-0.15, -0.1) is 0 Å². The molecule has 0 bridgehead atoms. The van der Waals surface area contributed by atoms with E-state index in [1.807, 2.05) is 0 Å². The maximum atomic E-state index is 12.3. The van der Waals surface area contributed by atoms with Gasteiger partial charge in [0.1, 0.15) is 0 Å². The Balaban J connectivity index is 4.35. The van der Waals surface area contributed by atoms with Gasteiger partial charge in [-0.1, -0.05) is 0 Å². The number of aliphatic hydroxyl groups is 1. The summed E-state index contributed by atoms with van der Waals surface area (Å²) in [6, 6.07) is 0. The predicted molar refractivity (Wildman–Crippen MR) is 30.6 cm³/mol. The molecule has 0 aliphatic carbocycles. The number of alkyl halides is 4. The number of hydrogen-bond acceptors (Lipinski definition) is 2. The van der Waals surface area contributed by atoms with Crippen LogP contribution in [0.15, 0.2) is 0 Å². The lowest BCUT2D eigenvalue weighted by Gasteiger charge is -2.27. The molecule has 6 heteroatoms. The minimum atomic E-state index is -5.01. The van der Waals surface area contributed by atoms with Gasteiger partial charge in [-0.05, 0) is 6.92 Å². The lowest BCUT2D eigenvalue weighted by atomic mass is 9.98. The predicted octanol–water partition coefficient (Wildman–Crippen LogP) is 0.597. The van der Waals surface area contributed by atoms with Crippen LogP contribution in [0.3, 0.4) is 0 Å². The van der Waals surface area contributed by atoms with E-state index in [1.54, 1.807) is 0 Å². The first kappa shape index (κ1) is 10.6. The molecule has 2 unspecified atom stereocenters. The summed E-state index contributed by atoms with van der Waals surface area (Å²) >= 11 is 0. The van der Waals surface area contributed by atoms with Crippen molar-refractivity contribution < 1.29 is 22.7 Å². The van der Waals surface area contributed by atoms with Gasteiger partial charge in [0.15, 0.2) is 0 Å². The van der Waals surface area contributed by atoms with Gasteiger partial charge in [-0.25, -0.2) is 4.39 Å². The van der Waals surface area contributed by atoms with Crippen LogP contribution >= 0.6 is 0 Å². The first-order valence-corrected chi connectivity index (χ1v) is 2.82. The first-order valence-electron chi connectivity index (χ1n) is 2.82. The van der Waals surface area contributed by atoms with Crippen LogP contribution < -0.4 is 5.73 Å². The molecule has 0 aromatic carbocycles. The van der Waals surface area contributed by atoms with Crippen LogP contribution in [0.5, 0.6) is 0 Å². The van der Waals surface area contributed by atoms with E-state index in [4.69, 9.17) is 10.8 Å². The zero-order chi connectivity index (χ0) is 9.28. The minimum Gasteiger partial charge on any atom is -0.394 e. The summed E-state index contributed by atoms with van der Waals surface area (Å²) in [6.07, 6.45) is -8.20. The Labute approximate surface area is 61.0 Å². The molecule has 3 N–H and O–H groups in total. The summed E-state index contributed by atoms with van der Waals surface area (Å²) in [5.74, 6) is 0. The number of nitrogens with two attached hydrogens (primary N) is 1. The van der Waals surface area contributed by atoms with Crippen molar-refractivity contribution in [1.82, 2.24) is 0 Å². The molecule has 0 radical (unpaired) electrons. The fourth-order valence-electron chi connectivity index (χ4n) is 0.454. The normalized spacial score (nSPS) is 21.0.